The summed E-state index contributed by atoms with van der Waals surface area (Å²) in [4.78, 5) is 13.0. The van der Waals surface area contributed by atoms with Gasteiger partial charge in [-0.25, -0.2) is 8.42 Å². The van der Waals surface area contributed by atoms with Gasteiger partial charge in [0.1, 0.15) is 5.75 Å². The van der Waals surface area contributed by atoms with Crippen LogP contribution in [0, 0.1) is 6.92 Å². The number of hydrogen-bond donors (Lipinski definition) is 1. The van der Waals surface area contributed by atoms with E-state index in [4.69, 9.17) is 4.74 Å². The van der Waals surface area contributed by atoms with Gasteiger partial charge in [0.2, 0.25) is 15.9 Å². The van der Waals surface area contributed by atoms with E-state index in [0.717, 1.165) is 26.9 Å². The maximum atomic E-state index is 13.4. The van der Waals surface area contributed by atoms with Crippen LogP contribution < -0.4 is 10.1 Å². The molecule has 33 heavy (non-hydrogen) atoms. The Bertz CT molecular complexity index is 1180. The van der Waals surface area contributed by atoms with E-state index in [1.165, 1.54) is 16.4 Å². The second-order valence-corrected chi connectivity index (χ2v) is 10.6. The molecule has 0 saturated heterocycles. The first kappa shape index (κ1) is 25.0. The van der Waals surface area contributed by atoms with Crippen molar-refractivity contribution in [2.24, 2.45) is 0 Å². The molecule has 3 rings (SSSR count). The SMILES string of the molecule is COc1ccc([C@@H](C)NC(=O)CN(Cc2ccc(C)cc2)S(=O)(=O)c2ccc(Br)cc2)cc1. The highest BCUT2D eigenvalue weighted by Crippen LogP contribution is 2.22. The largest absolute Gasteiger partial charge is 0.497 e. The molecule has 0 bridgehead atoms. The quantitative estimate of drug-likeness (QED) is 0.429. The predicted octanol–water partition coefficient (Wildman–Crippen LogP) is 4.83. The number of benzene rings is 3. The van der Waals surface area contributed by atoms with E-state index in [1.807, 2.05) is 62.4 Å². The van der Waals surface area contributed by atoms with Crippen LogP contribution in [0.4, 0.5) is 0 Å². The number of nitrogens with one attached hydrogen (secondary N) is 1. The Morgan fingerprint density at radius 3 is 2.18 bits per heavy atom. The van der Waals surface area contributed by atoms with Gasteiger partial charge in [0, 0.05) is 11.0 Å². The fourth-order valence-corrected chi connectivity index (χ4v) is 4.95. The Labute approximate surface area is 203 Å². The summed E-state index contributed by atoms with van der Waals surface area (Å²) < 4.78 is 33.9. The Balaban J connectivity index is 1.81. The Kier molecular flexibility index (Phi) is 8.29. The molecule has 0 heterocycles. The molecule has 174 valence electrons. The molecule has 0 radical (unpaired) electrons. The smallest absolute Gasteiger partial charge is 0.243 e. The number of hydrogen-bond acceptors (Lipinski definition) is 4. The molecule has 0 fully saturated rings. The minimum Gasteiger partial charge on any atom is -0.497 e. The van der Waals surface area contributed by atoms with Gasteiger partial charge < -0.3 is 10.1 Å². The standard InChI is InChI=1S/C25H27BrN2O4S/c1-18-4-6-20(7-5-18)16-28(33(30,31)24-14-10-22(26)11-15-24)17-25(29)27-19(2)21-8-12-23(32-3)13-9-21/h4-15,19H,16-17H2,1-3H3,(H,27,29)/t19-/m1/s1. The van der Waals surface area contributed by atoms with Crippen LogP contribution in [0.3, 0.4) is 0 Å². The number of rotatable bonds is 9. The van der Waals surface area contributed by atoms with E-state index < -0.39 is 10.0 Å². The van der Waals surface area contributed by atoms with E-state index >= 15 is 0 Å². The summed E-state index contributed by atoms with van der Waals surface area (Å²) >= 11 is 3.33. The number of carbonyl (C=O) groups is 1. The monoisotopic (exact) mass is 530 g/mol. The highest BCUT2D eigenvalue weighted by molar-refractivity contribution is 9.10. The first-order valence-corrected chi connectivity index (χ1v) is 12.7. The molecule has 1 atom stereocenters. The lowest BCUT2D eigenvalue weighted by Gasteiger charge is -2.23. The Hall–Kier alpha value is -2.68. The first-order valence-electron chi connectivity index (χ1n) is 10.4. The van der Waals surface area contributed by atoms with Crippen molar-refractivity contribution >= 4 is 31.9 Å². The van der Waals surface area contributed by atoms with Crippen molar-refractivity contribution in [3.63, 3.8) is 0 Å². The minimum absolute atomic E-state index is 0.0863. The summed E-state index contributed by atoms with van der Waals surface area (Å²) in [5, 5.41) is 2.90. The van der Waals surface area contributed by atoms with Crippen molar-refractivity contribution < 1.29 is 17.9 Å². The molecule has 0 unspecified atom stereocenters. The lowest BCUT2D eigenvalue weighted by atomic mass is 10.1. The first-order chi connectivity index (χ1) is 15.7. The number of nitrogens with zero attached hydrogens (tertiary/aromatic N) is 1. The van der Waals surface area contributed by atoms with Crippen LogP contribution in [0.5, 0.6) is 5.75 Å². The molecular formula is C25H27BrN2O4S. The lowest BCUT2D eigenvalue weighted by Crippen LogP contribution is -2.41. The summed E-state index contributed by atoms with van der Waals surface area (Å²) in [7, 11) is -2.30. The van der Waals surface area contributed by atoms with E-state index in [2.05, 4.69) is 21.2 Å². The average molecular weight is 531 g/mol. The maximum Gasteiger partial charge on any atom is 0.243 e. The van der Waals surface area contributed by atoms with Gasteiger partial charge >= 0.3 is 0 Å². The molecule has 0 spiro atoms. The summed E-state index contributed by atoms with van der Waals surface area (Å²) in [6, 6.07) is 21.1. The van der Waals surface area contributed by atoms with Crippen LogP contribution in [0.25, 0.3) is 0 Å². The van der Waals surface area contributed by atoms with Gasteiger partial charge in [-0.2, -0.15) is 4.31 Å². The number of amides is 1. The van der Waals surface area contributed by atoms with Gasteiger partial charge in [0.25, 0.3) is 0 Å². The van der Waals surface area contributed by atoms with Crippen molar-refractivity contribution in [2.75, 3.05) is 13.7 Å². The van der Waals surface area contributed by atoms with Gasteiger partial charge in [0.15, 0.2) is 0 Å². The van der Waals surface area contributed by atoms with E-state index in [0.29, 0.717) is 0 Å². The normalized spacial score (nSPS) is 12.4. The zero-order valence-electron chi connectivity index (χ0n) is 18.8. The fourth-order valence-electron chi connectivity index (χ4n) is 3.30. The van der Waals surface area contributed by atoms with Gasteiger partial charge in [-0.1, -0.05) is 57.9 Å². The molecule has 1 amide bonds. The topological polar surface area (TPSA) is 75.7 Å². The Morgan fingerprint density at radius 1 is 1.00 bits per heavy atom. The molecule has 8 heteroatoms. The predicted molar refractivity (Wildman–Crippen MR) is 132 cm³/mol. The van der Waals surface area contributed by atoms with Crippen LogP contribution in [0.1, 0.15) is 29.7 Å². The van der Waals surface area contributed by atoms with Gasteiger partial charge in [-0.3, -0.25) is 4.79 Å². The second kappa shape index (κ2) is 11.0. The number of carbonyl (C=O) groups excluding carboxylic acids is 1. The molecule has 0 aliphatic rings. The van der Waals surface area contributed by atoms with Gasteiger partial charge in [-0.15, -0.1) is 0 Å². The lowest BCUT2D eigenvalue weighted by molar-refractivity contribution is -0.122. The zero-order valence-corrected chi connectivity index (χ0v) is 21.2. The summed E-state index contributed by atoms with van der Waals surface area (Å²) in [6.45, 7) is 3.61. The number of methoxy groups -OCH3 is 1. The van der Waals surface area contributed by atoms with E-state index in [1.54, 1.807) is 19.2 Å². The number of halogens is 1. The third-order valence-electron chi connectivity index (χ3n) is 5.24. The molecular weight excluding hydrogens is 504 g/mol. The molecule has 0 aliphatic heterocycles. The van der Waals surface area contributed by atoms with Crippen molar-refractivity contribution in [3.05, 3.63) is 94.0 Å². The zero-order chi connectivity index (χ0) is 24.0. The maximum absolute atomic E-state index is 13.4. The highest BCUT2D eigenvalue weighted by Gasteiger charge is 2.27. The van der Waals surface area contributed by atoms with Crippen LogP contribution in [0.2, 0.25) is 0 Å². The van der Waals surface area contributed by atoms with Crippen molar-refractivity contribution in [2.45, 2.75) is 31.3 Å². The van der Waals surface area contributed by atoms with Gasteiger partial charge in [-0.05, 0) is 61.4 Å². The van der Waals surface area contributed by atoms with E-state index in [9.17, 15) is 13.2 Å². The number of sulfonamides is 1. The summed E-state index contributed by atoms with van der Waals surface area (Å²) in [6.07, 6.45) is 0. The van der Waals surface area contributed by atoms with Gasteiger partial charge in [0.05, 0.1) is 24.6 Å². The fraction of sp³-hybridized carbons (Fsp3) is 0.240. The second-order valence-electron chi connectivity index (χ2n) is 7.77. The molecule has 0 saturated carbocycles. The molecule has 0 aromatic heterocycles. The molecule has 3 aromatic rings. The minimum atomic E-state index is -3.90. The molecule has 6 nitrogen and oxygen atoms in total. The van der Waals surface area contributed by atoms with Crippen molar-refractivity contribution in [1.82, 2.24) is 9.62 Å². The van der Waals surface area contributed by atoms with Crippen LogP contribution in [-0.4, -0.2) is 32.3 Å². The average Bonchev–Trinajstić information content (AvgIpc) is 2.80. The molecule has 1 N–H and O–H groups in total. The van der Waals surface area contributed by atoms with Crippen LogP contribution in [0.15, 0.2) is 82.2 Å². The highest BCUT2D eigenvalue weighted by atomic mass is 79.9. The third-order valence-corrected chi connectivity index (χ3v) is 7.58. The molecule has 3 aromatic carbocycles. The molecule has 0 aliphatic carbocycles. The Morgan fingerprint density at radius 2 is 1.61 bits per heavy atom. The van der Waals surface area contributed by atoms with Crippen LogP contribution in [-0.2, 0) is 21.4 Å². The van der Waals surface area contributed by atoms with Crippen LogP contribution >= 0.6 is 15.9 Å². The summed E-state index contributed by atoms with van der Waals surface area (Å²) in [5.41, 5.74) is 2.77. The number of ether oxygens (including phenoxy) is 1. The third kappa shape index (κ3) is 6.66. The summed E-state index contributed by atoms with van der Waals surface area (Å²) in [5.74, 6) is 0.341. The van der Waals surface area contributed by atoms with Crippen molar-refractivity contribution in [1.29, 1.82) is 0 Å². The van der Waals surface area contributed by atoms with E-state index in [-0.39, 0.29) is 29.9 Å². The number of aryl methyl sites for hydroxylation is 1. The van der Waals surface area contributed by atoms with Crippen molar-refractivity contribution in [3.8, 4) is 5.75 Å².